The number of rotatable bonds is 6. The van der Waals surface area contributed by atoms with Crippen LogP contribution in [0.15, 0.2) is 23.1 Å². The minimum atomic E-state index is -3.84. The number of sulfonamides is 1. The molecule has 0 saturated heterocycles. The molecule has 0 aliphatic rings. The van der Waals surface area contributed by atoms with E-state index in [4.69, 9.17) is 17.3 Å². The van der Waals surface area contributed by atoms with Gasteiger partial charge in [0.1, 0.15) is 10.7 Å². The molecular weight excluding hydrogens is 303 g/mol. The standard InChI is InChI=1S/C13H20ClFN2O2S/c1-4-17(9-13(2,3)8-16)20(18,19)12-7-10(15)5-6-11(12)14/h5-7H,4,8-9,16H2,1-3H3. The van der Waals surface area contributed by atoms with E-state index < -0.39 is 15.8 Å². The van der Waals surface area contributed by atoms with E-state index in [1.165, 1.54) is 10.4 Å². The van der Waals surface area contributed by atoms with Gasteiger partial charge in [0.2, 0.25) is 10.0 Å². The molecule has 0 radical (unpaired) electrons. The van der Waals surface area contributed by atoms with Crippen molar-refractivity contribution in [1.29, 1.82) is 0 Å². The van der Waals surface area contributed by atoms with Crippen LogP contribution >= 0.6 is 11.6 Å². The van der Waals surface area contributed by atoms with E-state index in [2.05, 4.69) is 0 Å². The predicted octanol–water partition coefficient (Wildman–Crippen LogP) is 2.47. The van der Waals surface area contributed by atoms with Crippen LogP contribution in [0.3, 0.4) is 0 Å². The number of nitrogens with two attached hydrogens (primary N) is 1. The highest BCUT2D eigenvalue weighted by atomic mass is 35.5. The molecule has 0 aromatic heterocycles. The lowest BCUT2D eigenvalue weighted by Crippen LogP contribution is -2.42. The SMILES string of the molecule is CCN(CC(C)(C)CN)S(=O)(=O)c1cc(F)ccc1Cl. The van der Waals surface area contributed by atoms with Crippen LogP contribution < -0.4 is 5.73 Å². The largest absolute Gasteiger partial charge is 0.330 e. The molecule has 2 N–H and O–H groups in total. The van der Waals surface area contributed by atoms with Gasteiger partial charge in [-0.25, -0.2) is 12.8 Å². The average Bonchev–Trinajstić information content (AvgIpc) is 2.38. The summed E-state index contributed by atoms with van der Waals surface area (Å²) in [5.41, 5.74) is 5.27. The van der Waals surface area contributed by atoms with Gasteiger partial charge in [0.15, 0.2) is 0 Å². The highest BCUT2D eigenvalue weighted by molar-refractivity contribution is 7.89. The Morgan fingerprint density at radius 1 is 1.40 bits per heavy atom. The predicted molar refractivity (Wildman–Crippen MR) is 78.7 cm³/mol. The fourth-order valence-electron chi connectivity index (χ4n) is 1.72. The Kier molecular flexibility index (Phi) is 5.54. The van der Waals surface area contributed by atoms with Crippen molar-refractivity contribution in [2.24, 2.45) is 11.1 Å². The summed E-state index contributed by atoms with van der Waals surface area (Å²) in [6, 6.07) is 3.31. The molecule has 0 fully saturated rings. The van der Waals surface area contributed by atoms with Crippen LogP contribution in [-0.4, -0.2) is 32.4 Å². The molecule has 0 amide bonds. The third-order valence-corrected chi connectivity index (χ3v) is 5.42. The third kappa shape index (κ3) is 3.91. The zero-order chi connectivity index (χ0) is 15.6. The highest BCUT2D eigenvalue weighted by Gasteiger charge is 2.30. The highest BCUT2D eigenvalue weighted by Crippen LogP contribution is 2.27. The van der Waals surface area contributed by atoms with Gasteiger partial charge in [0, 0.05) is 13.1 Å². The van der Waals surface area contributed by atoms with Gasteiger partial charge in [-0.1, -0.05) is 32.4 Å². The Labute approximate surface area is 124 Å². The number of hydrogen-bond donors (Lipinski definition) is 1. The van der Waals surface area contributed by atoms with Crippen LogP contribution in [0.5, 0.6) is 0 Å². The summed E-state index contributed by atoms with van der Waals surface area (Å²) in [4.78, 5) is -0.214. The molecule has 0 unspecified atom stereocenters. The monoisotopic (exact) mass is 322 g/mol. The Morgan fingerprint density at radius 3 is 2.50 bits per heavy atom. The fourth-order valence-corrected chi connectivity index (χ4v) is 3.85. The summed E-state index contributed by atoms with van der Waals surface area (Å²) in [7, 11) is -3.84. The minimum absolute atomic E-state index is 0.00963. The molecule has 114 valence electrons. The van der Waals surface area contributed by atoms with Crippen molar-refractivity contribution >= 4 is 21.6 Å². The van der Waals surface area contributed by atoms with E-state index in [0.717, 1.165) is 12.1 Å². The van der Waals surface area contributed by atoms with Crippen LogP contribution in [0, 0.1) is 11.2 Å². The Balaban J connectivity index is 3.22. The van der Waals surface area contributed by atoms with E-state index >= 15 is 0 Å². The summed E-state index contributed by atoms with van der Waals surface area (Å²) in [6.07, 6.45) is 0. The molecule has 0 atom stereocenters. The molecule has 1 aromatic carbocycles. The summed E-state index contributed by atoms with van der Waals surface area (Å²) in [5.74, 6) is -0.637. The number of halogens is 2. The van der Waals surface area contributed by atoms with Gasteiger partial charge in [0.05, 0.1) is 5.02 Å². The Bertz CT molecular complexity index is 576. The molecule has 0 aliphatic heterocycles. The van der Waals surface area contributed by atoms with E-state index in [1.807, 2.05) is 13.8 Å². The maximum absolute atomic E-state index is 13.3. The Morgan fingerprint density at radius 2 is 2.00 bits per heavy atom. The van der Waals surface area contributed by atoms with Crippen LogP contribution in [0.25, 0.3) is 0 Å². The lowest BCUT2D eigenvalue weighted by atomic mass is 9.94. The first kappa shape index (κ1) is 17.4. The number of hydrogen-bond acceptors (Lipinski definition) is 3. The molecule has 0 aliphatic carbocycles. The van der Waals surface area contributed by atoms with Gasteiger partial charge in [0.25, 0.3) is 0 Å². The van der Waals surface area contributed by atoms with Gasteiger partial charge in [-0.3, -0.25) is 0 Å². The zero-order valence-corrected chi connectivity index (χ0v) is 13.4. The molecule has 20 heavy (non-hydrogen) atoms. The molecule has 0 bridgehead atoms. The molecule has 7 heteroatoms. The first-order chi connectivity index (χ1) is 9.14. The maximum Gasteiger partial charge on any atom is 0.244 e. The van der Waals surface area contributed by atoms with E-state index in [9.17, 15) is 12.8 Å². The first-order valence-electron chi connectivity index (χ1n) is 6.29. The smallest absolute Gasteiger partial charge is 0.244 e. The molecule has 0 spiro atoms. The number of benzene rings is 1. The summed E-state index contributed by atoms with van der Waals surface area (Å²) < 4.78 is 39.7. The molecule has 0 heterocycles. The second-order valence-electron chi connectivity index (χ2n) is 5.37. The van der Waals surface area contributed by atoms with Crippen molar-refractivity contribution in [3.8, 4) is 0 Å². The van der Waals surface area contributed by atoms with Crippen molar-refractivity contribution in [3.63, 3.8) is 0 Å². The zero-order valence-electron chi connectivity index (χ0n) is 11.9. The lowest BCUT2D eigenvalue weighted by molar-refractivity contribution is 0.273. The molecule has 4 nitrogen and oxygen atoms in total. The first-order valence-corrected chi connectivity index (χ1v) is 8.11. The van der Waals surface area contributed by atoms with Crippen molar-refractivity contribution in [1.82, 2.24) is 4.31 Å². The van der Waals surface area contributed by atoms with E-state index in [0.29, 0.717) is 6.54 Å². The van der Waals surface area contributed by atoms with Crippen LogP contribution in [-0.2, 0) is 10.0 Å². The molecule has 1 rings (SSSR count). The second kappa shape index (κ2) is 6.39. The van der Waals surface area contributed by atoms with Gasteiger partial charge < -0.3 is 5.73 Å². The van der Waals surface area contributed by atoms with Crippen LogP contribution in [0.4, 0.5) is 4.39 Å². The van der Waals surface area contributed by atoms with Gasteiger partial charge in [-0.2, -0.15) is 4.31 Å². The number of nitrogens with zero attached hydrogens (tertiary/aromatic N) is 1. The fraction of sp³-hybridized carbons (Fsp3) is 0.538. The lowest BCUT2D eigenvalue weighted by Gasteiger charge is -2.30. The quantitative estimate of drug-likeness (QED) is 0.875. The topological polar surface area (TPSA) is 63.4 Å². The van der Waals surface area contributed by atoms with Crippen LogP contribution in [0.1, 0.15) is 20.8 Å². The summed E-state index contributed by atoms with van der Waals surface area (Å²) >= 11 is 5.89. The third-order valence-electron chi connectivity index (χ3n) is 3.02. The van der Waals surface area contributed by atoms with Crippen molar-refractivity contribution in [3.05, 3.63) is 29.0 Å². The van der Waals surface area contributed by atoms with Crippen molar-refractivity contribution in [2.45, 2.75) is 25.7 Å². The average molecular weight is 323 g/mol. The van der Waals surface area contributed by atoms with Gasteiger partial charge >= 0.3 is 0 Å². The van der Waals surface area contributed by atoms with E-state index in [1.54, 1.807) is 6.92 Å². The molecule has 0 saturated carbocycles. The Hall–Kier alpha value is -0.690. The summed E-state index contributed by atoms with van der Waals surface area (Å²) in [5, 5.41) is 0.00963. The normalized spacial score (nSPS) is 12.9. The van der Waals surface area contributed by atoms with Crippen molar-refractivity contribution in [2.75, 3.05) is 19.6 Å². The molecule has 1 aromatic rings. The molecular formula is C13H20ClFN2O2S. The maximum atomic E-state index is 13.3. The van der Waals surface area contributed by atoms with Crippen molar-refractivity contribution < 1.29 is 12.8 Å². The summed E-state index contributed by atoms with van der Waals surface area (Å²) in [6.45, 7) is 6.32. The van der Waals surface area contributed by atoms with Gasteiger partial charge in [-0.15, -0.1) is 0 Å². The van der Waals surface area contributed by atoms with Gasteiger partial charge in [-0.05, 0) is 30.2 Å². The van der Waals surface area contributed by atoms with E-state index in [-0.39, 0.29) is 28.4 Å². The second-order valence-corrected chi connectivity index (χ2v) is 7.69. The minimum Gasteiger partial charge on any atom is -0.330 e. The van der Waals surface area contributed by atoms with Crippen LogP contribution in [0.2, 0.25) is 5.02 Å².